The van der Waals surface area contributed by atoms with Crippen LogP contribution in [0.4, 0.5) is 0 Å². The molecule has 0 aromatic carbocycles. The smallest absolute Gasteiger partial charge is 0.0467 e. The molecule has 0 atom stereocenters. The van der Waals surface area contributed by atoms with Crippen LogP contribution in [0.25, 0.3) is 0 Å². The van der Waals surface area contributed by atoms with Crippen LogP contribution in [-0.2, 0) is 13.0 Å². The van der Waals surface area contributed by atoms with E-state index in [9.17, 15) is 0 Å². The summed E-state index contributed by atoms with van der Waals surface area (Å²) in [5.74, 6) is 0. The van der Waals surface area contributed by atoms with Gasteiger partial charge in [0.1, 0.15) is 0 Å². The molecule has 0 unspecified atom stereocenters. The number of fused-ring (bicyclic) bond motifs is 1. The number of hydrogen-bond acceptors (Lipinski definition) is 2. The average molecular weight is 133 g/mol. The molecule has 2 nitrogen and oxygen atoms in total. The summed E-state index contributed by atoms with van der Waals surface area (Å²) in [5.41, 5.74) is 2.44. The molecule has 0 aliphatic carbocycles. The summed E-state index contributed by atoms with van der Waals surface area (Å²) >= 11 is 0. The van der Waals surface area contributed by atoms with E-state index in [2.05, 4.69) is 16.4 Å². The van der Waals surface area contributed by atoms with Crippen molar-refractivity contribution in [2.24, 2.45) is 0 Å². The predicted molar refractivity (Wildman–Crippen MR) is 38.5 cm³/mol. The Labute approximate surface area is 60.3 Å². The monoisotopic (exact) mass is 133 g/mol. The van der Waals surface area contributed by atoms with Crippen molar-refractivity contribution in [1.29, 1.82) is 0 Å². The molecule has 0 fully saturated rings. The normalized spacial score (nSPS) is 16.4. The summed E-state index contributed by atoms with van der Waals surface area (Å²) in [7, 11) is 0. The van der Waals surface area contributed by atoms with Crippen molar-refractivity contribution in [2.75, 3.05) is 6.54 Å². The highest BCUT2D eigenvalue weighted by Crippen LogP contribution is 2.07. The minimum Gasteiger partial charge on any atom is -0.312 e. The molecule has 1 aliphatic heterocycles. The number of nitrogens with one attached hydrogen (secondary N) is 1. The fraction of sp³-hybridized carbons (Fsp3) is 0.375. The molecule has 2 heterocycles. The van der Waals surface area contributed by atoms with Crippen molar-refractivity contribution < 1.29 is 0 Å². The van der Waals surface area contributed by atoms with Crippen LogP contribution in [-0.4, -0.2) is 11.5 Å². The Morgan fingerprint density at radius 3 is 3.50 bits per heavy atom. The van der Waals surface area contributed by atoms with E-state index in [1.54, 1.807) is 0 Å². The van der Waals surface area contributed by atoms with E-state index in [1.807, 2.05) is 12.3 Å². The van der Waals surface area contributed by atoms with Crippen molar-refractivity contribution in [1.82, 2.24) is 10.3 Å². The highest BCUT2D eigenvalue weighted by atomic mass is 14.9. The highest BCUT2D eigenvalue weighted by molar-refractivity contribution is 5.20. The van der Waals surface area contributed by atoms with E-state index in [-0.39, 0.29) is 0 Å². The first-order chi connectivity index (χ1) is 4.97. The summed E-state index contributed by atoms with van der Waals surface area (Å²) in [6, 6.07) is 5.03. The van der Waals surface area contributed by atoms with Gasteiger partial charge in [-0.2, -0.15) is 0 Å². The van der Waals surface area contributed by atoms with Crippen LogP contribution in [0.5, 0.6) is 0 Å². The fourth-order valence-corrected chi connectivity index (χ4v) is 1.22. The molecule has 1 aromatic rings. The third-order valence-corrected chi connectivity index (χ3v) is 1.75. The molecule has 1 radical (unpaired) electrons. The first kappa shape index (κ1) is 5.86. The zero-order valence-electron chi connectivity index (χ0n) is 5.72. The maximum Gasteiger partial charge on any atom is 0.0467 e. The van der Waals surface area contributed by atoms with Gasteiger partial charge in [-0.1, -0.05) is 0 Å². The topological polar surface area (TPSA) is 24.9 Å². The lowest BCUT2D eigenvalue weighted by molar-refractivity contribution is 0.629. The molecule has 1 N–H and O–H groups in total. The van der Waals surface area contributed by atoms with E-state index >= 15 is 0 Å². The summed E-state index contributed by atoms with van der Waals surface area (Å²) in [4.78, 5) is 4.25. The number of pyridine rings is 1. The zero-order valence-corrected chi connectivity index (χ0v) is 5.72. The van der Waals surface area contributed by atoms with Crippen LogP contribution >= 0.6 is 0 Å². The first-order valence-electron chi connectivity index (χ1n) is 3.52. The minimum atomic E-state index is 0.934. The van der Waals surface area contributed by atoms with E-state index < -0.39 is 0 Å². The van der Waals surface area contributed by atoms with Crippen LogP contribution in [0, 0.1) is 6.07 Å². The molecule has 51 valence electrons. The Morgan fingerprint density at radius 1 is 1.60 bits per heavy atom. The van der Waals surface area contributed by atoms with Gasteiger partial charge in [-0.05, 0) is 17.7 Å². The molecule has 0 spiro atoms. The molecular formula is C8H9N2. The van der Waals surface area contributed by atoms with E-state index in [0.29, 0.717) is 0 Å². The van der Waals surface area contributed by atoms with Gasteiger partial charge in [0, 0.05) is 31.4 Å². The Bertz CT molecular complexity index is 207. The second-order valence-corrected chi connectivity index (χ2v) is 2.44. The first-order valence-corrected chi connectivity index (χ1v) is 3.52. The minimum absolute atomic E-state index is 0.934. The SMILES string of the molecule is [c]1ccnc2c1CNCC2. The van der Waals surface area contributed by atoms with Crippen molar-refractivity contribution in [2.45, 2.75) is 13.0 Å². The van der Waals surface area contributed by atoms with Gasteiger partial charge >= 0.3 is 0 Å². The Morgan fingerprint density at radius 2 is 2.60 bits per heavy atom. The van der Waals surface area contributed by atoms with Gasteiger partial charge in [-0.3, -0.25) is 4.98 Å². The summed E-state index contributed by atoms with van der Waals surface area (Å²) in [6.45, 7) is 1.99. The molecule has 1 aromatic heterocycles. The molecule has 2 rings (SSSR count). The van der Waals surface area contributed by atoms with Gasteiger partial charge in [0.15, 0.2) is 0 Å². The van der Waals surface area contributed by atoms with Crippen LogP contribution in [0.15, 0.2) is 12.3 Å². The molecule has 2 heteroatoms. The number of hydrogen-bond donors (Lipinski definition) is 1. The number of nitrogens with zero attached hydrogens (tertiary/aromatic N) is 1. The number of aromatic nitrogens is 1. The highest BCUT2D eigenvalue weighted by Gasteiger charge is 2.07. The van der Waals surface area contributed by atoms with Gasteiger partial charge < -0.3 is 5.32 Å². The lowest BCUT2D eigenvalue weighted by Gasteiger charge is -2.14. The largest absolute Gasteiger partial charge is 0.312 e. The maximum absolute atomic E-state index is 4.25. The van der Waals surface area contributed by atoms with Crippen molar-refractivity contribution in [3.63, 3.8) is 0 Å². The van der Waals surface area contributed by atoms with E-state index in [1.165, 1.54) is 11.3 Å². The van der Waals surface area contributed by atoms with E-state index in [4.69, 9.17) is 0 Å². The third-order valence-electron chi connectivity index (χ3n) is 1.75. The molecule has 0 bridgehead atoms. The van der Waals surface area contributed by atoms with Gasteiger partial charge in [0.05, 0.1) is 0 Å². The van der Waals surface area contributed by atoms with Crippen LogP contribution in [0.2, 0.25) is 0 Å². The van der Waals surface area contributed by atoms with Gasteiger partial charge in [-0.25, -0.2) is 0 Å². The van der Waals surface area contributed by atoms with Crippen molar-refractivity contribution in [3.8, 4) is 0 Å². The van der Waals surface area contributed by atoms with Gasteiger partial charge in [0.25, 0.3) is 0 Å². The lowest BCUT2D eigenvalue weighted by Crippen LogP contribution is -2.24. The van der Waals surface area contributed by atoms with Crippen molar-refractivity contribution in [3.05, 3.63) is 29.6 Å². The second kappa shape index (κ2) is 2.39. The maximum atomic E-state index is 4.25. The van der Waals surface area contributed by atoms with Crippen LogP contribution in [0.1, 0.15) is 11.3 Å². The zero-order chi connectivity index (χ0) is 6.81. The third kappa shape index (κ3) is 0.907. The van der Waals surface area contributed by atoms with E-state index in [0.717, 1.165) is 19.5 Å². The lowest BCUT2D eigenvalue weighted by atomic mass is 10.1. The predicted octanol–water partition coefficient (Wildman–Crippen LogP) is 0.527. The molecule has 0 amide bonds. The summed E-state index contributed by atoms with van der Waals surface area (Å²) < 4.78 is 0. The Hall–Kier alpha value is -0.890. The second-order valence-electron chi connectivity index (χ2n) is 2.44. The molecule has 1 aliphatic rings. The molecule has 0 saturated carbocycles. The molecular weight excluding hydrogens is 124 g/mol. The van der Waals surface area contributed by atoms with Crippen LogP contribution < -0.4 is 5.32 Å². The quantitative estimate of drug-likeness (QED) is 0.558. The standard InChI is InChI=1S/C8H9N2/c1-2-7-6-9-5-3-8(7)10-4-1/h1,4,9H,3,5-6H2. The van der Waals surface area contributed by atoms with Crippen LogP contribution in [0.3, 0.4) is 0 Å². The van der Waals surface area contributed by atoms with Gasteiger partial charge in [-0.15, -0.1) is 0 Å². The molecule has 10 heavy (non-hydrogen) atoms. The molecule has 0 saturated heterocycles. The van der Waals surface area contributed by atoms with Crippen molar-refractivity contribution >= 4 is 0 Å². The van der Waals surface area contributed by atoms with Gasteiger partial charge in [0.2, 0.25) is 0 Å². The Kier molecular flexibility index (Phi) is 1.40. The number of rotatable bonds is 0. The fourth-order valence-electron chi connectivity index (χ4n) is 1.22. The summed E-state index contributed by atoms with van der Waals surface area (Å²) in [5, 5.41) is 3.27. The Balaban J connectivity index is 2.41. The average Bonchev–Trinajstić information content (AvgIpc) is 2.05. The summed E-state index contributed by atoms with van der Waals surface area (Å²) in [6.07, 6.45) is 2.86.